The predicted molar refractivity (Wildman–Crippen MR) is 89.5 cm³/mol. The molecule has 3 aliphatic rings. The predicted octanol–water partition coefficient (Wildman–Crippen LogP) is 3.86. The highest BCUT2D eigenvalue weighted by atomic mass is 32.2. The van der Waals surface area contributed by atoms with Gasteiger partial charge in [-0.05, 0) is 24.3 Å². The van der Waals surface area contributed by atoms with Gasteiger partial charge in [-0.3, -0.25) is 9.59 Å². The zero-order valence-electron chi connectivity index (χ0n) is 13.4. The van der Waals surface area contributed by atoms with E-state index in [2.05, 4.69) is 5.32 Å². The van der Waals surface area contributed by atoms with Crippen LogP contribution in [-0.2, 0) is 20.5 Å². The molecule has 134 valence electrons. The number of halogens is 3. The number of anilines is 1. The van der Waals surface area contributed by atoms with Gasteiger partial charge in [0.15, 0.2) is 11.5 Å². The molecule has 2 aliphatic carbocycles. The number of hydrogen-bond donors (Lipinski definition) is 1. The van der Waals surface area contributed by atoms with Crippen molar-refractivity contribution >= 4 is 29.0 Å². The maximum Gasteiger partial charge on any atom is 0.416 e. The van der Waals surface area contributed by atoms with Crippen LogP contribution in [0.1, 0.15) is 12.0 Å². The van der Waals surface area contributed by atoms with E-state index in [0.717, 1.165) is 23.9 Å². The van der Waals surface area contributed by atoms with Crippen LogP contribution in [0.4, 0.5) is 18.9 Å². The second kappa shape index (κ2) is 5.51. The van der Waals surface area contributed by atoms with Crippen LogP contribution in [-0.4, -0.2) is 24.2 Å². The third kappa shape index (κ3) is 2.32. The van der Waals surface area contributed by atoms with Crippen molar-refractivity contribution < 1.29 is 27.5 Å². The van der Waals surface area contributed by atoms with Crippen molar-refractivity contribution in [3.05, 3.63) is 58.2 Å². The first-order valence-electron chi connectivity index (χ1n) is 7.68. The average molecular weight is 379 g/mol. The van der Waals surface area contributed by atoms with E-state index in [1.54, 1.807) is 0 Å². The summed E-state index contributed by atoms with van der Waals surface area (Å²) in [5.74, 6) is -0.490. The lowest BCUT2D eigenvalue weighted by Crippen LogP contribution is -2.43. The molecule has 1 atom stereocenters. The Morgan fingerprint density at radius 3 is 2.73 bits per heavy atom. The summed E-state index contributed by atoms with van der Waals surface area (Å²) in [6.45, 7) is 0. The van der Waals surface area contributed by atoms with Crippen molar-refractivity contribution in [2.75, 3.05) is 12.4 Å². The van der Waals surface area contributed by atoms with Crippen molar-refractivity contribution in [3.63, 3.8) is 0 Å². The quantitative estimate of drug-likeness (QED) is 0.803. The van der Waals surface area contributed by atoms with E-state index < -0.39 is 17.3 Å². The Hall–Kier alpha value is -2.48. The molecule has 8 heteroatoms. The lowest BCUT2D eigenvalue weighted by molar-refractivity contribution is -0.137. The first-order chi connectivity index (χ1) is 12.3. The second-order valence-corrected chi connectivity index (χ2v) is 7.17. The molecule has 0 fully saturated rings. The van der Waals surface area contributed by atoms with E-state index in [9.17, 15) is 22.8 Å². The largest absolute Gasteiger partial charge is 0.492 e. The fourth-order valence-electron chi connectivity index (χ4n) is 3.42. The van der Waals surface area contributed by atoms with Crippen molar-refractivity contribution in [3.8, 4) is 0 Å². The summed E-state index contributed by atoms with van der Waals surface area (Å²) in [6, 6.07) is 3.35. The van der Waals surface area contributed by atoms with E-state index in [1.165, 1.54) is 31.4 Å². The minimum atomic E-state index is -4.49. The zero-order valence-corrected chi connectivity index (χ0v) is 14.3. The Kier molecular flexibility index (Phi) is 3.59. The third-order valence-corrected chi connectivity index (χ3v) is 5.87. The van der Waals surface area contributed by atoms with Crippen LogP contribution in [0.25, 0.3) is 0 Å². The number of Topliss-reactive ketones (excluding diaryl/α,β-unsaturated/α-hetero) is 1. The lowest BCUT2D eigenvalue weighted by Gasteiger charge is -2.38. The van der Waals surface area contributed by atoms with Gasteiger partial charge in [0.2, 0.25) is 5.78 Å². The number of carbonyl (C=O) groups is 2. The molecular weight excluding hydrogens is 367 g/mol. The number of fused-ring (bicyclic) bond motifs is 1. The fourth-order valence-corrected chi connectivity index (χ4v) is 4.67. The van der Waals surface area contributed by atoms with E-state index in [-0.39, 0.29) is 29.4 Å². The monoisotopic (exact) mass is 379 g/mol. The molecule has 1 N–H and O–H groups in total. The van der Waals surface area contributed by atoms with Gasteiger partial charge in [0.05, 0.1) is 17.6 Å². The number of ketones is 2. The van der Waals surface area contributed by atoms with Crippen LogP contribution in [0, 0.1) is 0 Å². The van der Waals surface area contributed by atoms with Crippen LogP contribution >= 0.6 is 11.8 Å². The molecule has 26 heavy (non-hydrogen) atoms. The van der Waals surface area contributed by atoms with Gasteiger partial charge >= 0.3 is 6.18 Å². The van der Waals surface area contributed by atoms with Crippen molar-refractivity contribution in [2.24, 2.45) is 0 Å². The zero-order chi connectivity index (χ0) is 18.7. The van der Waals surface area contributed by atoms with Crippen LogP contribution in [0.2, 0.25) is 0 Å². The molecule has 0 saturated carbocycles. The number of nitrogens with one attached hydrogen (secondary N) is 1. The molecule has 0 bridgehead atoms. The molecule has 1 aliphatic heterocycles. The highest BCUT2D eigenvalue weighted by Gasteiger charge is 2.55. The van der Waals surface area contributed by atoms with Gasteiger partial charge in [-0.15, -0.1) is 0 Å². The van der Waals surface area contributed by atoms with Gasteiger partial charge in [-0.2, -0.15) is 13.2 Å². The van der Waals surface area contributed by atoms with Gasteiger partial charge < -0.3 is 10.1 Å². The van der Waals surface area contributed by atoms with Crippen molar-refractivity contribution in [2.45, 2.75) is 23.0 Å². The summed E-state index contributed by atoms with van der Waals surface area (Å²) in [7, 11) is 1.36. The van der Waals surface area contributed by atoms with Gasteiger partial charge in [-0.25, -0.2) is 0 Å². The first-order valence-corrected chi connectivity index (χ1v) is 8.50. The normalized spacial score (nSPS) is 24.4. The molecule has 0 amide bonds. The lowest BCUT2D eigenvalue weighted by atomic mass is 9.87. The molecule has 1 heterocycles. The van der Waals surface area contributed by atoms with Crippen LogP contribution in [0.3, 0.4) is 0 Å². The van der Waals surface area contributed by atoms with Gasteiger partial charge in [0.1, 0.15) is 5.54 Å². The number of carbonyl (C=O) groups excluding carboxylic acids is 2. The third-order valence-electron chi connectivity index (χ3n) is 4.56. The minimum absolute atomic E-state index is 0.0774. The summed E-state index contributed by atoms with van der Waals surface area (Å²) < 4.78 is 44.5. The number of allylic oxidation sites excluding steroid dienone is 4. The minimum Gasteiger partial charge on any atom is -0.492 e. The summed E-state index contributed by atoms with van der Waals surface area (Å²) in [4.78, 5) is 26.0. The maximum atomic E-state index is 13.1. The van der Waals surface area contributed by atoms with Gasteiger partial charge in [-0.1, -0.05) is 23.9 Å². The van der Waals surface area contributed by atoms with E-state index >= 15 is 0 Å². The number of ether oxygens (including phenoxy) is 1. The number of thioether (sulfide) groups is 1. The summed E-state index contributed by atoms with van der Waals surface area (Å²) >= 11 is 1.15. The molecule has 0 aromatic heterocycles. The molecule has 4 nitrogen and oxygen atoms in total. The summed E-state index contributed by atoms with van der Waals surface area (Å²) in [6.07, 6.45) is -0.213. The molecule has 4 rings (SSSR count). The first kappa shape index (κ1) is 17.0. The van der Waals surface area contributed by atoms with E-state index in [4.69, 9.17) is 4.74 Å². The fraction of sp³-hybridized carbons (Fsp3) is 0.222. The Morgan fingerprint density at radius 1 is 1.27 bits per heavy atom. The highest BCUT2D eigenvalue weighted by Crippen LogP contribution is 2.56. The summed E-state index contributed by atoms with van der Waals surface area (Å²) in [5, 5.41) is 3.04. The Morgan fingerprint density at radius 2 is 2.04 bits per heavy atom. The van der Waals surface area contributed by atoms with E-state index in [1.807, 2.05) is 0 Å². The number of hydrogen-bond acceptors (Lipinski definition) is 5. The highest BCUT2D eigenvalue weighted by molar-refractivity contribution is 8.03. The second-order valence-electron chi connectivity index (χ2n) is 6.12. The number of methoxy groups -OCH3 is 1. The number of alkyl halides is 3. The summed E-state index contributed by atoms with van der Waals surface area (Å²) in [5.41, 5.74) is -1.47. The average Bonchev–Trinajstić information content (AvgIpc) is 2.68. The van der Waals surface area contributed by atoms with Crippen LogP contribution < -0.4 is 5.32 Å². The van der Waals surface area contributed by atoms with Gasteiger partial charge in [0, 0.05) is 22.6 Å². The van der Waals surface area contributed by atoms with Crippen molar-refractivity contribution in [1.29, 1.82) is 0 Å². The molecule has 0 radical (unpaired) electrons. The van der Waals surface area contributed by atoms with E-state index in [0.29, 0.717) is 15.4 Å². The molecule has 1 aromatic rings. The smallest absolute Gasteiger partial charge is 0.416 e. The number of benzene rings is 1. The Balaban J connectivity index is 1.91. The van der Waals surface area contributed by atoms with Gasteiger partial charge in [0.25, 0.3) is 0 Å². The SMILES string of the molecule is COC1=C2Sc3ccc(C(F)(F)F)cc3NC23CC(=O)C=CC=C3C1=O. The standard InChI is InChI=1S/C18H12F3NO3S/c1-25-15-14(24)11-4-2-3-10(23)8-17(11)16(15)26-13-6-5-9(18(19,20)21)7-12(13)22-17/h2-7,22H,8H2,1H3. The van der Waals surface area contributed by atoms with Crippen molar-refractivity contribution in [1.82, 2.24) is 0 Å². The van der Waals surface area contributed by atoms with Crippen LogP contribution in [0.15, 0.2) is 57.6 Å². The Bertz CT molecular complexity index is 945. The Labute approximate surface area is 150 Å². The molecule has 1 aromatic carbocycles. The maximum absolute atomic E-state index is 13.1. The molecule has 1 spiro atoms. The molecular formula is C18H12F3NO3S. The molecule has 1 unspecified atom stereocenters. The van der Waals surface area contributed by atoms with Crippen LogP contribution in [0.5, 0.6) is 0 Å². The number of rotatable bonds is 1. The molecule has 0 saturated heterocycles. The topological polar surface area (TPSA) is 55.4 Å².